The van der Waals surface area contributed by atoms with Gasteiger partial charge in [0, 0.05) is 13.1 Å². The summed E-state index contributed by atoms with van der Waals surface area (Å²) in [6, 6.07) is 8.21. The van der Waals surface area contributed by atoms with Gasteiger partial charge in [0.1, 0.15) is 17.2 Å². The lowest BCUT2D eigenvalue weighted by Gasteiger charge is -2.03. The SMILES string of the molecule is CCn1cnnc1CNCc1nc2ccccc2s1. The normalized spacial score (nSPS) is 11.2. The molecule has 0 radical (unpaired) electrons. The number of aryl methyl sites for hydroxylation is 1. The van der Waals surface area contributed by atoms with E-state index < -0.39 is 0 Å². The number of rotatable bonds is 5. The lowest BCUT2D eigenvalue weighted by Crippen LogP contribution is -2.16. The highest BCUT2D eigenvalue weighted by molar-refractivity contribution is 7.18. The van der Waals surface area contributed by atoms with Crippen molar-refractivity contribution < 1.29 is 0 Å². The van der Waals surface area contributed by atoms with E-state index in [0.29, 0.717) is 6.54 Å². The Morgan fingerprint density at radius 2 is 2.16 bits per heavy atom. The largest absolute Gasteiger partial charge is 0.317 e. The average molecular weight is 273 g/mol. The minimum atomic E-state index is 0.712. The molecule has 6 heteroatoms. The zero-order valence-corrected chi connectivity index (χ0v) is 11.5. The van der Waals surface area contributed by atoms with Crippen molar-refractivity contribution in [3.63, 3.8) is 0 Å². The molecule has 1 aromatic carbocycles. The first-order valence-corrected chi connectivity index (χ1v) is 7.10. The van der Waals surface area contributed by atoms with Crippen LogP contribution in [0.2, 0.25) is 0 Å². The summed E-state index contributed by atoms with van der Waals surface area (Å²) in [5.74, 6) is 0.962. The first-order valence-electron chi connectivity index (χ1n) is 6.28. The smallest absolute Gasteiger partial charge is 0.146 e. The van der Waals surface area contributed by atoms with Crippen molar-refractivity contribution in [3.05, 3.63) is 41.4 Å². The Labute approximate surface area is 115 Å². The predicted molar refractivity (Wildman–Crippen MR) is 75.9 cm³/mol. The fourth-order valence-corrected chi connectivity index (χ4v) is 2.89. The molecule has 3 rings (SSSR count). The van der Waals surface area contributed by atoms with Gasteiger partial charge in [-0.15, -0.1) is 21.5 Å². The molecular formula is C13H15N5S. The third-order valence-corrected chi connectivity index (χ3v) is 3.97. The highest BCUT2D eigenvalue weighted by Crippen LogP contribution is 2.21. The summed E-state index contributed by atoms with van der Waals surface area (Å²) in [6.07, 6.45) is 1.76. The number of fused-ring (bicyclic) bond motifs is 1. The molecule has 0 spiro atoms. The molecule has 0 fully saturated rings. The average Bonchev–Trinajstić information content (AvgIpc) is 3.04. The molecule has 19 heavy (non-hydrogen) atoms. The maximum absolute atomic E-state index is 4.59. The molecular weight excluding hydrogens is 258 g/mol. The van der Waals surface area contributed by atoms with Gasteiger partial charge in [-0.2, -0.15) is 0 Å². The van der Waals surface area contributed by atoms with Gasteiger partial charge in [0.25, 0.3) is 0 Å². The van der Waals surface area contributed by atoms with Crippen LogP contribution in [0, 0.1) is 0 Å². The van der Waals surface area contributed by atoms with Crippen LogP contribution < -0.4 is 5.32 Å². The van der Waals surface area contributed by atoms with E-state index in [0.717, 1.165) is 29.4 Å². The summed E-state index contributed by atoms with van der Waals surface area (Å²) < 4.78 is 3.27. The molecule has 0 unspecified atom stereocenters. The van der Waals surface area contributed by atoms with E-state index in [2.05, 4.69) is 33.5 Å². The maximum atomic E-state index is 4.59. The minimum absolute atomic E-state index is 0.712. The number of nitrogens with zero attached hydrogens (tertiary/aromatic N) is 4. The van der Waals surface area contributed by atoms with Gasteiger partial charge in [-0.1, -0.05) is 12.1 Å². The number of nitrogens with one attached hydrogen (secondary N) is 1. The van der Waals surface area contributed by atoms with Crippen LogP contribution in [-0.2, 0) is 19.6 Å². The standard InChI is InChI=1S/C13H15N5S/c1-2-18-9-15-17-12(18)7-14-8-13-16-10-5-3-4-6-11(10)19-13/h3-6,9,14H,2,7-8H2,1H3. The predicted octanol–water partition coefficient (Wildman–Crippen LogP) is 2.20. The van der Waals surface area contributed by atoms with E-state index in [1.54, 1.807) is 17.7 Å². The molecule has 0 aliphatic rings. The number of hydrogen-bond acceptors (Lipinski definition) is 5. The Balaban J connectivity index is 1.63. The molecule has 0 amide bonds. The molecule has 2 aromatic heterocycles. The van der Waals surface area contributed by atoms with Crippen molar-refractivity contribution in [2.24, 2.45) is 0 Å². The third kappa shape index (κ3) is 2.64. The molecule has 98 valence electrons. The Bertz CT molecular complexity index is 639. The maximum Gasteiger partial charge on any atom is 0.146 e. The number of aromatic nitrogens is 4. The molecule has 0 atom stereocenters. The highest BCUT2D eigenvalue weighted by atomic mass is 32.1. The molecule has 0 saturated heterocycles. The zero-order chi connectivity index (χ0) is 13.1. The van der Waals surface area contributed by atoms with Crippen LogP contribution >= 0.6 is 11.3 Å². The Morgan fingerprint density at radius 1 is 1.26 bits per heavy atom. The van der Waals surface area contributed by atoms with Gasteiger partial charge in [0.2, 0.25) is 0 Å². The Kier molecular flexibility index (Phi) is 3.52. The lowest BCUT2D eigenvalue weighted by molar-refractivity contribution is 0.611. The summed E-state index contributed by atoms with van der Waals surface area (Å²) in [4.78, 5) is 4.59. The van der Waals surface area contributed by atoms with Crippen molar-refractivity contribution in [2.75, 3.05) is 0 Å². The summed E-state index contributed by atoms with van der Waals surface area (Å²) in [6.45, 7) is 4.45. The van der Waals surface area contributed by atoms with Gasteiger partial charge in [-0.25, -0.2) is 4.98 Å². The van der Waals surface area contributed by atoms with Gasteiger partial charge < -0.3 is 9.88 Å². The van der Waals surface area contributed by atoms with Crippen LogP contribution in [-0.4, -0.2) is 19.7 Å². The summed E-state index contributed by atoms with van der Waals surface area (Å²) in [7, 11) is 0. The fraction of sp³-hybridized carbons (Fsp3) is 0.308. The molecule has 5 nitrogen and oxygen atoms in total. The fourth-order valence-electron chi connectivity index (χ4n) is 1.96. The number of hydrogen-bond donors (Lipinski definition) is 1. The van der Waals surface area contributed by atoms with E-state index in [-0.39, 0.29) is 0 Å². The molecule has 0 aliphatic heterocycles. The van der Waals surface area contributed by atoms with E-state index >= 15 is 0 Å². The van der Waals surface area contributed by atoms with Gasteiger partial charge in [0.15, 0.2) is 0 Å². The Hall–Kier alpha value is -1.79. The van der Waals surface area contributed by atoms with E-state index in [4.69, 9.17) is 0 Å². The Morgan fingerprint density at radius 3 is 3.00 bits per heavy atom. The second-order valence-corrected chi connectivity index (χ2v) is 5.33. The molecule has 1 N–H and O–H groups in total. The second kappa shape index (κ2) is 5.46. The van der Waals surface area contributed by atoms with Crippen LogP contribution in [0.4, 0.5) is 0 Å². The molecule has 0 bridgehead atoms. The third-order valence-electron chi connectivity index (χ3n) is 2.93. The van der Waals surface area contributed by atoms with Crippen LogP contribution in [0.25, 0.3) is 10.2 Å². The summed E-state index contributed by atoms with van der Waals surface area (Å²) in [5, 5.41) is 12.5. The first-order chi connectivity index (χ1) is 9.36. The van der Waals surface area contributed by atoms with E-state index in [1.165, 1.54) is 4.70 Å². The van der Waals surface area contributed by atoms with Gasteiger partial charge >= 0.3 is 0 Å². The molecule has 0 aliphatic carbocycles. The molecule has 0 saturated carbocycles. The highest BCUT2D eigenvalue weighted by Gasteiger charge is 2.05. The van der Waals surface area contributed by atoms with Crippen molar-refractivity contribution in [3.8, 4) is 0 Å². The quantitative estimate of drug-likeness (QED) is 0.774. The first kappa shape index (κ1) is 12.3. The van der Waals surface area contributed by atoms with Crippen LogP contribution in [0.1, 0.15) is 17.8 Å². The number of benzene rings is 1. The van der Waals surface area contributed by atoms with E-state index in [1.807, 2.05) is 22.8 Å². The van der Waals surface area contributed by atoms with Crippen LogP contribution in [0.15, 0.2) is 30.6 Å². The zero-order valence-electron chi connectivity index (χ0n) is 10.7. The second-order valence-electron chi connectivity index (χ2n) is 4.21. The molecule has 3 aromatic rings. The minimum Gasteiger partial charge on any atom is -0.317 e. The van der Waals surface area contributed by atoms with Crippen molar-refractivity contribution >= 4 is 21.6 Å². The monoisotopic (exact) mass is 273 g/mol. The van der Waals surface area contributed by atoms with Gasteiger partial charge in [-0.3, -0.25) is 0 Å². The number of para-hydroxylation sites is 1. The number of thiazole rings is 1. The summed E-state index contributed by atoms with van der Waals surface area (Å²) >= 11 is 1.73. The van der Waals surface area contributed by atoms with E-state index in [9.17, 15) is 0 Å². The van der Waals surface area contributed by atoms with Crippen LogP contribution in [0.5, 0.6) is 0 Å². The van der Waals surface area contributed by atoms with Gasteiger partial charge in [0.05, 0.1) is 16.8 Å². The van der Waals surface area contributed by atoms with Crippen molar-refractivity contribution in [2.45, 2.75) is 26.6 Å². The molecule has 2 heterocycles. The van der Waals surface area contributed by atoms with Crippen molar-refractivity contribution in [1.29, 1.82) is 0 Å². The van der Waals surface area contributed by atoms with Gasteiger partial charge in [-0.05, 0) is 19.1 Å². The summed E-state index contributed by atoms with van der Waals surface area (Å²) in [5.41, 5.74) is 1.07. The van der Waals surface area contributed by atoms with Crippen molar-refractivity contribution in [1.82, 2.24) is 25.1 Å². The lowest BCUT2D eigenvalue weighted by atomic mass is 10.3. The topological polar surface area (TPSA) is 55.6 Å². The van der Waals surface area contributed by atoms with Crippen LogP contribution in [0.3, 0.4) is 0 Å².